The second-order valence-corrected chi connectivity index (χ2v) is 4.31. The average molecular weight is 271 g/mol. The third kappa shape index (κ3) is 2.51. The van der Waals surface area contributed by atoms with Gasteiger partial charge in [-0.25, -0.2) is 0 Å². The van der Waals surface area contributed by atoms with Crippen molar-refractivity contribution in [3.8, 4) is 11.5 Å². The van der Waals surface area contributed by atoms with Crippen LogP contribution in [0, 0.1) is 0 Å². The van der Waals surface area contributed by atoms with Crippen LogP contribution in [-0.2, 0) is 5.88 Å². The molecule has 0 aliphatic rings. The van der Waals surface area contributed by atoms with Crippen molar-refractivity contribution in [1.82, 2.24) is 9.97 Å². The molecule has 0 fully saturated rings. The van der Waals surface area contributed by atoms with Gasteiger partial charge in [0.25, 0.3) is 0 Å². The second-order valence-electron chi connectivity index (χ2n) is 4.04. The number of halogens is 1. The van der Waals surface area contributed by atoms with Gasteiger partial charge in [0, 0.05) is 23.8 Å². The highest BCUT2D eigenvalue weighted by Gasteiger charge is 2.04. The molecule has 0 saturated heterocycles. The molecule has 4 heteroatoms. The number of alkyl halides is 1. The molecule has 0 unspecified atom stereocenters. The number of pyridine rings is 2. The lowest BCUT2D eigenvalue weighted by molar-refractivity contribution is 0.487. The van der Waals surface area contributed by atoms with Crippen molar-refractivity contribution < 1.29 is 4.74 Å². The van der Waals surface area contributed by atoms with E-state index >= 15 is 0 Å². The SMILES string of the molecule is ClCc1cc(Oc2cccc3ncccc23)ccn1. The maximum absolute atomic E-state index is 5.90. The van der Waals surface area contributed by atoms with Crippen molar-refractivity contribution >= 4 is 22.5 Å². The summed E-state index contributed by atoms with van der Waals surface area (Å²) in [5.74, 6) is 1.87. The lowest BCUT2D eigenvalue weighted by Gasteiger charge is -2.08. The quantitative estimate of drug-likeness (QED) is 0.670. The van der Waals surface area contributed by atoms with Crippen molar-refractivity contribution in [1.29, 1.82) is 0 Å². The summed E-state index contributed by atoms with van der Waals surface area (Å²) in [6, 6.07) is 13.3. The fraction of sp³-hybridized carbons (Fsp3) is 0.0667. The lowest BCUT2D eigenvalue weighted by atomic mass is 10.2. The molecule has 3 rings (SSSR count). The van der Waals surface area contributed by atoms with E-state index in [0.29, 0.717) is 5.88 Å². The number of hydrogen-bond acceptors (Lipinski definition) is 3. The maximum Gasteiger partial charge on any atom is 0.136 e. The van der Waals surface area contributed by atoms with E-state index in [1.807, 2.05) is 42.5 Å². The van der Waals surface area contributed by atoms with E-state index in [2.05, 4.69) is 9.97 Å². The van der Waals surface area contributed by atoms with Gasteiger partial charge in [-0.3, -0.25) is 9.97 Å². The highest BCUT2D eigenvalue weighted by Crippen LogP contribution is 2.28. The zero-order valence-corrected chi connectivity index (χ0v) is 10.8. The smallest absolute Gasteiger partial charge is 0.136 e. The van der Waals surface area contributed by atoms with Gasteiger partial charge in [0.2, 0.25) is 0 Å². The fourth-order valence-corrected chi connectivity index (χ4v) is 2.03. The predicted molar refractivity (Wildman–Crippen MR) is 75.6 cm³/mol. The minimum atomic E-state index is 0.369. The topological polar surface area (TPSA) is 35.0 Å². The van der Waals surface area contributed by atoms with E-state index in [1.54, 1.807) is 12.4 Å². The van der Waals surface area contributed by atoms with Gasteiger partial charge >= 0.3 is 0 Å². The molecule has 0 amide bonds. The highest BCUT2D eigenvalue weighted by molar-refractivity contribution is 6.16. The van der Waals surface area contributed by atoms with Crippen LogP contribution >= 0.6 is 11.6 Å². The van der Waals surface area contributed by atoms with Crippen LogP contribution in [-0.4, -0.2) is 9.97 Å². The van der Waals surface area contributed by atoms with E-state index < -0.39 is 0 Å². The third-order valence-corrected chi connectivity index (χ3v) is 3.03. The Morgan fingerprint density at radius 1 is 1.00 bits per heavy atom. The van der Waals surface area contributed by atoms with Crippen molar-refractivity contribution in [2.75, 3.05) is 0 Å². The molecular weight excluding hydrogens is 260 g/mol. The maximum atomic E-state index is 5.90. The fourth-order valence-electron chi connectivity index (χ4n) is 1.88. The van der Waals surface area contributed by atoms with Crippen LogP contribution in [0.4, 0.5) is 0 Å². The van der Waals surface area contributed by atoms with Crippen LogP contribution in [0.5, 0.6) is 11.5 Å². The zero-order valence-electron chi connectivity index (χ0n) is 10.1. The van der Waals surface area contributed by atoms with Crippen LogP contribution < -0.4 is 4.74 Å². The Morgan fingerprint density at radius 3 is 2.84 bits per heavy atom. The van der Waals surface area contributed by atoms with Crippen LogP contribution in [0.1, 0.15) is 5.69 Å². The summed E-state index contributed by atoms with van der Waals surface area (Å²) in [5.41, 5.74) is 1.70. The van der Waals surface area contributed by atoms with Gasteiger partial charge in [-0.1, -0.05) is 6.07 Å². The number of rotatable bonds is 3. The molecule has 0 aliphatic heterocycles. The van der Waals surface area contributed by atoms with Gasteiger partial charge in [-0.05, 0) is 30.3 Å². The second kappa shape index (κ2) is 5.24. The minimum Gasteiger partial charge on any atom is -0.457 e. The van der Waals surface area contributed by atoms with Gasteiger partial charge in [0.1, 0.15) is 11.5 Å². The van der Waals surface area contributed by atoms with Crippen molar-refractivity contribution in [2.24, 2.45) is 0 Å². The molecule has 0 bridgehead atoms. The molecule has 19 heavy (non-hydrogen) atoms. The summed E-state index contributed by atoms with van der Waals surface area (Å²) < 4.78 is 5.90. The molecule has 0 aliphatic carbocycles. The summed E-state index contributed by atoms with van der Waals surface area (Å²) in [5, 5.41) is 0.981. The van der Waals surface area contributed by atoms with Gasteiger partial charge in [-0.15, -0.1) is 11.6 Å². The van der Waals surface area contributed by atoms with E-state index in [9.17, 15) is 0 Å². The molecule has 2 heterocycles. The molecule has 3 nitrogen and oxygen atoms in total. The number of fused-ring (bicyclic) bond motifs is 1. The Labute approximate surface area is 115 Å². The number of nitrogens with zero attached hydrogens (tertiary/aromatic N) is 2. The zero-order chi connectivity index (χ0) is 13.1. The van der Waals surface area contributed by atoms with Crippen molar-refractivity contribution in [2.45, 2.75) is 5.88 Å². The Bertz CT molecular complexity index is 710. The Hall–Kier alpha value is -2.13. The average Bonchev–Trinajstić information content (AvgIpc) is 2.48. The van der Waals surface area contributed by atoms with Crippen molar-refractivity contribution in [3.05, 3.63) is 60.6 Å². The van der Waals surface area contributed by atoms with Crippen LogP contribution in [0.2, 0.25) is 0 Å². The standard InChI is InChI=1S/C15H11ClN2O/c16-10-11-9-12(6-8-17-11)19-15-5-1-4-14-13(15)3-2-7-18-14/h1-9H,10H2. The minimum absolute atomic E-state index is 0.369. The van der Waals surface area contributed by atoms with E-state index in [1.165, 1.54) is 0 Å². The third-order valence-electron chi connectivity index (χ3n) is 2.76. The first-order valence-electron chi connectivity index (χ1n) is 5.89. The first-order valence-corrected chi connectivity index (χ1v) is 6.43. The van der Waals surface area contributed by atoms with E-state index in [0.717, 1.165) is 28.1 Å². The molecule has 0 radical (unpaired) electrons. The van der Waals surface area contributed by atoms with Crippen LogP contribution in [0.15, 0.2) is 54.9 Å². The summed E-state index contributed by atoms with van der Waals surface area (Å²) >= 11 is 5.77. The summed E-state index contributed by atoms with van der Waals surface area (Å²) in [7, 11) is 0. The first kappa shape index (κ1) is 11.9. The van der Waals surface area contributed by atoms with Gasteiger partial charge < -0.3 is 4.74 Å². The number of ether oxygens (including phenoxy) is 1. The summed E-state index contributed by atoms with van der Waals surface area (Å²) in [4.78, 5) is 8.44. The Balaban J connectivity index is 2.01. The largest absolute Gasteiger partial charge is 0.457 e. The first-order chi connectivity index (χ1) is 9.36. The van der Waals surface area contributed by atoms with Gasteiger partial charge in [0.15, 0.2) is 0 Å². The molecule has 1 aromatic carbocycles. The van der Waals surface area contributed by atoms with Gasteiger partial charge in [-0.2, -0.15) is 0 Å². The highest BCUT2D eigenvalue weighted by atomic mass is 35.5. The molecule has 0 saturated carbocycles. The van der Waals surface area contributed by atoms with Gasteiger partial charge in [0.05, 0.1) is 17.1 Å². The van der Waals surface area contributed by atoms with Crippen molar-refractivity contribution in [3.63, 3.8) is 0 Å². The molecular formula is C15H11ClN2O. The monoisotopic (exact) mass is 270 g/mol. The molecule has 2 aromatic heterocycles. The van der Waals surface area contributed by atoms with Crippen LogP contribution in [0.3, 0.4) is 0 Å². The normalized spacial score (nSPS) is 10.6. The molecule has 3 aromatic rings. The Morgan fingerprint density at radius 2 is 1.95 bits per heavy atom. The lowest BCUT2D eigenvalue weighted by Crippen LogP contribution is -1.90. The summed E-state index contributed by atoms with van der Waals surface area (Å²) in [6.45, 7) is 0. The number of benzene rings is 1. The Kier molecular flexibility index (Phi) is 3.29. The molecule has 0 atom stereocenters. The molecule has 0 N–H and O–H groups in total. The number of aromatic nitrogens is 2. The summed E-state index contributed by atoms with van der Waals surface area (Å²) in [6.07, 6.45) is 3.46. The predicted octanol–water partition coefficient (Wildman–Crippen LogP) is 4.16. The van der Waals surface area contributed by atoms with E-state index in [4.69, 9.17) is 16.3 Å². The van der Waals surface area contributed by atoms with Crippen LogP contribution in [0.25, 0.3) is 10.9 Å². The number of hydrogen-bond donors (Lipinski definition) is 0. The molecule has 0 spiro atoms. The van der Waals surface area contributed by atoms with E-state index in [-0.39, 0.29) is 0 Å². The molecule has 94 valence electrons.